The Bertz CT molecular complexity index is 960. The molecule has 2 aromatic rings. The fourth-order valence-corrected chi connectivity index (χ4v) is 4.28. The first-order chi connectivity index (χ1) is 13.0. The van der Waals surface area contributed by atoms with E-state index in [-0.39, 0.29) is 30.0 Å². The number of likely N-dealkylation sites (tertiary alicyclic amines) is 2. The molecule has 0 aromatic carbocycles. The summed E-state index contributed by atoms with van der Waals surface area (Å²) in [7, 11) is 0. The van der Waals surface area contributed by atoms with Gasteiger partial charge in [0.1, 0.15) is 0 Å². The van der Waals surface area contributed by atoms with E-state index < -0.39 is 0 Å². The Balaban J connectivity index is 1.62. The zero-order chi connectivity index (χ0) is 19.1. The Morgan fingerprint density at radius 3 is 2.81 bits per heavy atom. The summed E-state index contributed by atoms with van der Waals surface area (Å²) in [5, 5.41) is 3.16. The molecule has 2 amide bonds. The number of aryl methyl sites for hydroxylation is 1. The van der Waals surface area contributed by atoms with Crippen LogP contribution in [0.2, 0.25) is 0 Å². The van der Waals surface area contributed by atoms with Gasteiger partial charge in [-0.15, -0.1) is 0 Å². The molecule has 0 saturated carbocycles. The molecule has 2 aromatic heterocycles. The molecule has 144 valence electrons. The molecule has 0 spiro atoms. The number of aromatic nitrogens is 3. The van der Waals surface area contributed by atoms with Gasteiger partial charge in [0.25, 0.3) is 5.56 Å². The van der Waals surface area contributed by atoms with E-state index in [1.165, 1.54) is 4.52 Å². The third-order valence-electron chi connectivity index (χ3n) is 5.72. The van der Waals surface area contributed by atoms with Gasteiger partial charge in [-0.05, 0) is 32.6 Å². The van der Waals surface area contributed by atoms with Crippen molar-refractivity contribution in [2.45, 2.75) is 52.0 Å². The van der Waals surface area contributed by atoms with E-state index >= 15 is 0 Å². The molecule has 1 unspecified atom stereocenters. The number of amides is 2. The van der Waals surface area contributed by atoms with Crippen LogP contribution in [0.15, 0.2) is 10.9 Å². The lowest BCUT2D eigenvalue weighted by Crippen LogP contribution is -2.40. The second-order valence-electron chi connectivity index (χ2n) is 7.40. The number of nitrogens with one attached hydrogen (secondary N) is 1. The van der Waals surface area contributed by atoms with E-state index in [1.807, 2.05) is 24.8 Å². The third kappa shape index (κ3) is 3.02. The van der Waals surface area contributed by atoms with Crippen molar-refractivity contribution in [2.75, 3.05) is 19.6 Å². The molecule has 1 N–H and O–H groups in total. The van der Waals surface area contributed by atoms with Crippen LogP contribution in [0, 0.1) is 6.92 Å². The van der Waals surface area contributed by atoms with Crippen molar-refractivity contribution >= 4 is 17.5 Å². The molecule has 2 saturated heterocycles. The average Bonchev–Trinajstić information content (AvgIpc) is 3.35. The minimum Gasteiger partial charge on any atom is -0.333 e. The molecule has 0 aliphatic carbocycles. The topological polar surface area (TPSA) is 90.8 Å². The van der Waals surface area contributed by atoms with Crippen molar-refractivity contribution in [3.8, 4) is 0 Å². The van der Waals surface area contributed by atoms with E-state index in [1.54, 1.807) is 4.90 Å². The van der Waals surface area contributed by atoms with Crippen LogP contribution in [0.4, 0.5) is 0 Å². The number of aromatic amines is 1. The fraction of sp³-hybridized carbons (Fsp3) is 0.579. The molecule has 1 atom stereocenters. The van der Waals surface area contributed by atoms with Crippen molar-refractivity contribution in [1.82, 2.24) is 24.4 Å². The summed E-state index contributed by atoms with van der Waals surface area (Å²) < 4.78 is 1.48. The summed E-state index contributed by atoms with van der Waals surface area (Å²) in [5.74, 6) is 0.0279. The minimum absolute atomic E-state index is 0.0304. The molecule has 2 aliphatic rings. The Hall–Kier alpha value is -2.64. The predicted octanol–water partition coefficient (Wildman–Crippen LogP) is 1.18. The van der Waals surface area contributed by atoms with Crippen LogP contribution in [0.3, 0.4) is 0 Å². The molecule has 4 rings (SSSR count). The van der Waals surface area contributed by atoms with Crippen LogP contribution in [0.25, 0.3) is 5.65 Å². The minimum atomic E-state index is -0.110. The Morgan fingerprint density at radius 2 is 2.11 bits per heavy atom. The van der Waals surface area contributed by atoms with Crippen LogP contribution >= 0.6 is 0 Å². The van der Waals surface area contributed by atoms with Crippen LogP contribution in [0.1, 0.15) is 55.6 Å². The van der Waals surface area contributed by atoms with E-state index in [2.05, 4.69) is 10.1 Å². The summed E-state index contributed by atoms with van der Waals surface area (Å²) in [4.78, 5) is 45.3. The molecular formula is C19H25N5O3. The zero-order valence-electron chi connectivity index (χ0n) is 15.8. The number of rotatable bonds is 4. The van der Waals surface area contributed by atoms with Crippen molar-refractivity contribution in [1.29, 1.82) is 0 Å². The Labute approximate surface area is 157 Å². The maximum absolute atomic E-state index is 12.8. The lowest BCUT2D eigenvalue weighted by Gasteiger charge is -2.26. The maximum atomic E-state index is 12.8. The fourth-order valence-electron chi connectivity index (χ4n) is 4.28. The zero-order valence-corrected chi connectivity index (χ0v) is 15.8. The Morgan fingerprint density at radius 1 is 1.30 bits per heavy atom. The number of hydrogen-bond acceptors (Lipinski definition) is 4. The number of nitrogens with zero attached hydrogens (tertiary/aromatic N) is 4. The van der Waals surface area contributed by atoms with Gasteiger partial charge in [0.15, 0.2) is 5.65 Å². The van der Waals surface area contributed by atoms with E-state index in [0.717, 1.165) is 30.7 Å². The smallest absolute Gasteiger partial charge is 0.276 e. The van der Waals surface area contributed by atoms with Crippen molar-refractivity contribution < 1.29 is 9.59 Å². The third-order valence-corrected chi connectivity index (χ3v) is 5.72. The first-order valence-electron chi connectivity index (χ1n) is 9.68. The molecular weight excluding hydrogens is 346 g/mol. The molecule has 2 aliphatic heterocycles. The van der Waals surface area contributed by atoms with Gasteiger partial charge in [0, 0.05) is 36.8 Å². The summed E-state index contributed by atoms with van der Waals surface area (Å²) in [5.41, 5.74) is 2.78. The van der Waals surface area contributed by atoms with Gasteiger partial charge in [-0.25, -0.2) is 9.50 Å². The van der Waals surface area contributed by atoms with Gasteiger partial charge < -0.3 is 9.80 Å². The van der Waals surface area contributed by atoms with E-state index in [9.17, 15) is 14.4 Å². The molecule has 0 bridgehead atoms. The first kappa shape index (κ1) is 17.8. The van der Waals surface area contributed by atoms with E-state index in [0.29, 0.717) is 37.1 Å². The summed E-state index contributed by atoms with van der Waals surface area (Å²) >= 11 is 0. The van der Waals surface area contributed by atoms with Gasteiger partial charge in [-0.2, -0.15) is 0 Å². The highest BCUT2D eigenvalue weighted by molar-refractivity contribution is 5.86. The summed E-state index contributed by atoms with van der Waals surface area (Å²) in [6.45, 7) is 5.27. The van der Waals surface area contributed by atoms with Gasteiger partial charge in [0.2, 0.25) is 11.8 Å². The van der Waals surface area contributed by atoms with Gasteiger partial charge in [0.05, 0.1) is 18.3 Å². The summed E-state index contributed by atoms with van der Waals surface area (Å²) in [6, 6.07) is 1.76. The normalized spacial score (nSPS) is 20.2. The van der Waals surface area contributed by atoms with Crippen molar-refractivity contribution in [3.05, 3.63) is 33.4 Å². The second-order valence-corrected chi connectivity index (χ2v) is 7.40. The highest BCUT2D eigenvalue weighted by Crippen LogP contribution is 2.31. The average molecular weight is 371 g/mol. The number of hydrogen-bond donors (Lipinski definition) is 1. The van der Waals surface area contributed by atoms with Crippen molar-refractivity contribution in [3.63, 3.8) is 0 Å². The van der Waals surface area contributed by atoms with Gasteiger partial charge in [-0.3, -0.25) is 19.5 Å². The van der Waals surface area contributed by atoms with E-state index in [4.69, 9.17) is 0 Å². The van der Waals surface area contributed by atoms with Crippen LogP contribution in [-0.2, 0) is 16.0 Å². The monoisotopic (exact) mass is 371 g/mol. The number of carbonyl (C=O) groups excluding carboxylic acids is 2. The molecule has 8 nitrogen and oxygen atoms in total. The molecule has 8 heteroatoms. The van der Waals surface area contributed by atoms with Gasteiger partial charge in [-0.1, -0.05) is 6.92 Å². The second kappa shape index (κ2) is 6.83. The van der Waals surface area contributed by atoms with Crippen LogP contribution in [0.5, 0.6) is 0 Å². The van der Waals surface area contributed by atoms with Crippen LogP contribution in [-0.4, -0.2) is 55.8 Å². The molecule has 0 radical (unpaired) electrons. The van der Waals surface area contributed by atoms with Crippen LogP contribution < -0.4 is 5.56 Å². The highest BCUT2D eigenvalue weighted by Gasteiger charge is 2.33. The number of fused-ring (bicyclic) bond motifs is 1. The number of H-pyrrole nitrogens is 1. The highest BCUT2D eigenvalue weighted by atomic mass is 16.2. The molecule has 4 heterocycles. The first-order valence-corrected chi connectivity index (χ1v) is 9.68. The quantitative estimate of drug-likeness (QED) is 0.874. The predicted molar refractivity (Wildman–Crippen MR) is 99.4 cm³/mol. The maximum Gasteiger partial charge on any atom is 0.276 e. The SMILES string of the molecule is CCc1c(C)nc2cc(C3CCCN3C(=O)CN3CCCC3=O)[nH]n2c1=O. The number of carbonyl (C=O) groups is 2. The molecule has 2 fully saturated rings. The summed E-state index contributed by atoms with van der Waals surface area (Å²) in [6.07, 6.45) is 3.73. The largest absolute Gasteiger partial charge is 0.333 e. The van der Waals surface area contributed by atoms with Crippen molar-refractivity contribution in [2.24, 2.45) is 0 Å². The Kier molecular flexibility index (Phi) is 4.49. The lowest BCUT2D eigenvalue weighted by atomic mass is 10.1. The standard InChI is InChI=1S/C19H25N5O3/c1-3-13-12(2)20-16-10-14(21-24(16)19(13)27)15-6-4-9-23(15)18(26)11-22-8-5-7-17(22)25/h10,15,21H,3-9,11H2,1-2H3. The molecule has 27 heavy (non-hydrogen) atoms. The van der Waals surface area contributed by atoms with Gasteiger partial charge >= 0.3 is 0 Å². The lowest BCUT2D eigenvalue weighted by molar-refractivity contribution is -0.139.